The maximum atomic E-state index is 13.5. The van der Waals surface area contributed by atoms with Gasteiger partial charge in [0.2, 0.25) is 5.91 Å². The van der Waals surface area contributed by atoms with Gasteiger partial charge in [0.1, 0.15) is 18.7 Å². The summed E-state index contributed by atoms with van der Waals surface area (Å²) in [5, 5.41) is 0. The molecule has 0 bridgehead atoms. The third-order valence-corrected chi connectivity index (χ3v) is 6.09. The maximum absolute atomic E-state index is 13.5. The minimum absolute atomic E-state index is 0.150. The Labute approximate surface area is 186 Å². The monoisotopic (exact) mass is 426 g/mol. The first-order chi connectivity index (χ1) is 15.6. The molecule has 0 aromatic heterocycles. The Morgan fingerprint density at radius 1 is 0.844 bits per heavy atom. The van der Waals surface area contributed by atoms with E-state index in [4.69, 9.17) is 4.74 Å². The number of likely N-dealkylation sites (tertiary alicyclic amines) is 1. The minimum Gasteiger partial charge on any atom is -0.447 e. The van der Waals surface area contributed by atoms with Crippen LogP contribution in [0.25, 0.3) is 0 Å². The van der Waals surface area contributed by atoms with Crippen molar-refractivity contribution in [1.29, 1.82) is 0 Å². The summed E-state index contributed by atoms with van der Waals surface area (Å²) in [4.78, 5) is 42.6. The lowest BCUT2D eigenvalue weighted by atomic mass is 9.85. The Morgan fingerprint density at radius 2 is 1.44 bits per heavy atom. The molecule has 0 spiro atoms. The molecule has 2 aliphatic rings. The number of cyclic esters (lactones) is 1. The average Bonchev–Trinajstić information content (AvgIpc) is 3.22. The number of Topliss-reactive ketones (excluding diaryl/α,β-unsaturated/α-hetero) is 1. The summed E-state index contributed by atoms with van der Waals surface area (Å²) in [5.74, 6) is -0.430. The smallest absolute Gasteiger partial charge is 0.411 e. The van der Waals surface area contributed by atoms with Gasteiger partial charge >= 0.3 is 6.09 Å². The van der Waals surface area contributed by atoms with E-state index in [0.717, 1.165) is 11.1 Å². The fourth-order valence-corrected chi connectivity index (χ4v) is 4.49. The van der Waals surface area contributed by atoms with E-state index in [1.54, 1.807) is 29.2 Å². The topological polar surface area (TPSA) is 66.9 Å². The van der Waals surface area contributed by atoms with E-state index in [0.29, 0.717) is 12.1 Å². The first-order valence-electron chi connectivity index (χ1n) is 10.6. The number of nitrogens with zero attached hydrogens (tertiary/aromatic N) is 2. The predicted octanol–water partition coefficient (Wildman–Crippen LogP) is 3.84. The van der Waals surface area contributed by atoms with Crippen molar-refractivity contribution in [2.75, 3.05) is 6.61 Å². The van der Waals surface area contributed by atoms with Crippen molar-refractivity contribution in [3.8, 4) is 0 Å². The molecule has 0 aliphatic carbocycles. The van der Waals surface area contributed by atoms with E-state index < -0.39 is 24.2 Å². The zero-order valence-electron chi connectivity index (χ0n) is 17.3. The molecule has 0 N–H and O–H groups in total. The van der Waals surface area contributed by atoms with E-state index in [1.165, 1.54) is 4.90 Å². The van der Waals surface area contributed by atoms with Gasteiger partial charge in [0.05, 0.1) is 6.04 Å². The molecule has 32 heavy (non-hydrogen) atoms. The highest BCUT2D eigenvalue weighted by Gasteiger charge is 2.58. The fraction of sp³-hybridized carbons (Fsp3) is 0.192. The first-order valence-corrected chi connectivity index (χ1v) is 10.6. The number of hydrogen-bond acceptors (Lipinski definition) is 4. The number of hydrogen-bond donors (Lipinski definition) is 0. The molecule has 6 nitrogen and oxygen atoms in total. The normalized spacial score (nSPS) is 22.4. The number of amides is 2. The molecule has 3 aromatic carbocycles. The van der Waals surface area contributed by atoms with Crippen LogP contribution in [0.4, 0.5) is 4.79 Å². The van der Waals surface area contributed by atoms with Crippen LogP contribution in [-0.4, -0.2) is 46.3 Å². The highest BCUT2D eigenvalue weighted by Crippen LogP contribution is 2.38. The van der Waals surface area contributed by atoms with Gasteiger partial charge in [-0.15, -0.1) is 0 Å². The van der Waals surface area contributed by atoms with Gasteiger partial charge in [-0.25, -0.2) is 4.79 Å². The van der Waals surface area contributed by atoms with Crippen LogP contribution in [0.1, 0.15) is 27.5 Å². The summed E-state index contributed by atoms with van der Waals surface area (Å²) in [6, 6.07) is 25.8. The summed E-state index contributed by atoms with van der Waals surface area (Å²) >= 11 is 0. The summed E-state index contributed by atoms with van der Waals surface area (Å²) in [7, 11) is 0. The highest BCUT2D eigenvalue weighted by atomic mass is 16.6. The fourth-order valence-electron chi connectivity index (χ4n) is 4.49. The first kappa shape index (κ1) is 20.0. The van der Waals surface area contributed by atoms with Crippen molar-refractivity contribution >= 4 is 17.8 Å². The molecule has 3 aromatic rings. The molecule has 2 fully saturated rings. The number of ketones is 1. The van der Waals surface area contributed by atoms with Gasteiger partial charge < -0.3 is 9.64 Å². The molecule has 3 atom stereocenters. The van der Waals surface area contributed by atoms with E-state index in [-0.39, 0.29) is 18.3 Å². The zero-order chi connectivity index (χ0) is 22.1. The quantitative estimate of drug-likeness (QED) is 0.444. The number of rotatable bonds is 6. The van der Waals surface area contributed by atoms with Crippen LogP contribution in [0.5, 0.6) is 0 Å². The standard InChI is InChI=1S/C26H22N2O4/c29-24(20-14-8-3-9-15-20)22-23(25(30)27(22)16-18-10-4-1-5-11-18)28-21(17-32-26(28)31)19-12-6-2-7-13-19/h1-15,21-23H,16-17H2/t21-,22-,23-/m1/s1. The summed E-state index contributed by atoms with van der Waals surface area (Å²) in [6.07, 6.45) is -0.567. The number of carbonyl (C=O) groups excluding carboxylic acids is 3. The molecule has 0 radical (unpaired) electrons. The number of benzene rings is 3. The van der Waals surface area contributed by atoms with Crippen LogP contribution in [0, 0.1) is 0 Å². The Kier molecular flexibility index (Phi) is 5.19. The Hall–Kier alpha value is -3.93. The van der Waals surface area contributed by atoms with Crippen LogP contribution in [0.3, 0.4) is 0 Å². The minimum atomic E-state index is -0.897. The number of ether oxygens (including phenoxy) is 1. The summed E-state index contributed by atoms with van der Waals surface area (Å²) in [6.45, 7) is 0.454. The lowest BCUT2D eigenvalue weighted by Crippen LogP contribution is -2.73. The second-order valence-corrected chi connectivity index (χ2v) is 7.98. The Bertz CT molecular complexity index is 1130. The molecule has 0 saturated carbocycles. The van der Waals surface area contributed by atoms with Crippen LogP contribution in [0.15, 0.2) is 91.0 Å². The highest BCUT2D eigenvalue weighted by molar-refractivity contribution is 6.10. The van der Waals surface area contributed by atoms with Gasteiger partial charge in [0.15, 0.2) is 5.78 Å². The molecule has 160 valence electrons. The molecule has 2 heterocycles. The van der Waals surface area contributed by atoms with E-state index in [1.807, 2.05) is 66.7 Å². The van der Waals surface area contributed by atoms with Gasteiger partial charge in [-0.3, -0.25) is 14.5 Å². The van der Waals surface area contributed by atoms with Crippen molar-refractivity contribution in [3.63, 3.8) is 0 Å². The second kappa shape index (κ2) is 8.30. The average molecular weight is 426 g/mol. The molecule has 0 unspecified atom stereocenters. The largest absolute Gasteiger partial charge is 0.447 e. The molecule has 2 amide bonds. The van der Waals surface area contributed by atoms with Gasteiger partial charge in [-0.05, 0) is 11.1 Å². The van der Waals surface area contributed by atoms with Crippen LogP contribution in [-0.2, 0) is 16.1 Å². The molecule has 5 rings (SSSR count). The van der Waals surface area contributed by atoms with Gasteiger partial charge in [0.25, 0.3) is 0 Å². The predicted molar refractivity (Wildman–Crippen MR) is 118 cm³/mol. The van der Waals surface area contributed by atoms with Crippen molar-refractivity contribution in [2.24, 2.45) is 0 Å². The zero-order valence-corrected chi connectivity index (χ0v) is 17.3. The third kappa shape index (κ3) is 3.43. The van der Waals surface area contributed by atoms with Crippen molar-refractivity contribution in [2.45, 2.75) is 24.7 Å². The third-order valence-electron chi connectivity index (χ3n) is 6.09. The van der Waals surface area contributed by atoms with Crippen molar-refractivity contribution in [3.05, 3.63) is 108 Å². The van der Waals surface area contributed by atoms with Gasteiger partial charge in [0, 0.05) is 12.1 Å². The van der Waals surface area contributed by atoms with Crippen molar-refractivity contribution < 1.29 is 19.1 Å². The molecular weight excluding hydrogens is 404 g/mol. The van der Waals surface area contributed by atoms with Crippen LogP contribution >= 0.6 is 0 Å². The Balaban J connectivity index is 1.50. The Morgan fingerprint density at radius 3 is 2.09 bits per heavy atom. The lowest BCUT2D eigenvalue weighted by molar-refractivity contribution is -0.155. The lowest BCUT2D eigenvalue weighted by Gasteiger charge is -2.50. The molecule has 2 saturated heterocycles. The number of β-lactam (4-membered cyclic amide) rings is 1. The maximum Gasteiger partial charge on any atom is 0.411 e. The van der Waals surface area contributed by atoms with Crippen LogP contribution < -0.4 is 0 Å². The summed E-state index contributed by atoms with van der Waals surface area (Å²) in [5.41, 5.74) is 2.31. The molecule has 2 aliphatic heterocycles. The van der Waals surface area contributed by atoms with E-state index in [2.05, 4.69) is 0 Å². The van der Waals surface area contributed by atoms with Gasteiger partial charge in [-0.1, -0.05) is 91.0 Å². The van der Waals surface area contributed by atoms with Crippen molar-refractivity contribution in [1.82, 2.24) is 9.80 Å². The molecular formula is C26H22N2O4. The SMILES string of the molecule is O=C(c1ccccc1)[C@H]1[C@@H](N2C(=O)OC[C@@H]2c2ccccc2)C(=O)N1Cc1ccccc1. The number of carbonyl (C=O) groups is 3. The molecule has 6 heteroatoms. The summed E-state index contributed by atoms with van der Waals surface area (Å²) < 4.78 is 5.33. The second-order valence-electron chi connectivity index (χ2n) is 7.98. The van der Waals surface area contributed by atoms with E-state index >= 15 is 0 Å². The van der Waals surface area contributed by atoms with E-state index in [9.17, 15) is 14.4 Å². The van der Waals surface area contributed by atoms with Gasteiger partial charge in [-0.2, -0.15) is 0 Å². The van der Waals surface area contributed by atoms with Crippen LogP contribution in [0.2, 0.25) is 0 Å².